The molecule has 2 amide bonds. The molecule has 5 heteroatoms. The Bertz CT molecular complexity index is 514. The van der Waals surface area contributed by atoms with Gasteiger partial charge in [0.05, 0.1) is 0 Å². The van der Waals surface area contributed by atoms with E-state index in [1.54, 1.807) is 4.90 Å². The molecule has 21 heavy (non-hydrogen) atoms. The van der Waals surface area contributed by atoms with E-state index in [0.29, 0.717) is 19.6 Å². The highest BCUT2D eigenvalue weighted by Crippen LogP contribution is 2.18. The molecule has 1 aromatic carbocycles. The summed E-state index contributed by atoms with van der Waals surface area (Å²) < 4.78 is 0. The van der Waals surface area contributed by atoms with Gasteiger partial charge in [0.1, 0.15) is 0 Å². The zero-order chi connectivity index (χ0) is 15.2. The van der Waals surface area contributed by atoms with Crippen LogP contribution in [0.2, 0.25) is 0 Å². The summed E-state index contributed by atoms with van der Waals surface area (Å²) in [6, 6.07) is 8.07. The average Bonchev–Trinajstić information content (AvgIpc) is 2.50. The molecule has 0 unspecified atom stereocenters. The molecule has 0 atom stereocenters. The molecule has 0 aliphatic carbocycles. The molecule has 1 heterocycles. The van der Waals surface area contributed by atoms with Gasteiger partial charge in [-0.1, -0.05) is 24.3 Å². The Morgan fingerprint density at radius 2 is 1.95 bits per heavy atom. The van der Waals surface area contributed by atoms with Crippen molar-refractivity contribution in [1.82, 2.24) is 15.1 Å². The maximum atomic E-state index is 12.1. The van der Waals surface area contributed by atoms with Crippen molar-refractivity contribution < 1.29 is 9.59 Å². The predicted octanol–water partition coefficient (Wildman–Crippen LogP) is 0.639. The zero-order valence-electron chi connectivity index (χ0n) is 12.8. The number of carbonyl (C=O) groups excluding carboxylic acids is 2. The van der Waals surface area contributed by atoms with Crippen molar-refractivity contribution in [3.05, 3.63) is 35.4 Å². The molecule has 0 saturated heterocycles. The van der Waals surface area contributed by atoms with Crippen LogP contribution in [0.4, 0.5) is 0 Å². The number of nitrogens with one attached hydrogen (secondary N) is 1. The number of fused-ring (bicyclic) bond motifs is 1. The van der Waals surface area contributed by atoms with Crippen molar-refractivity contribution in [1.29, 1.82) is 0 Å². The summed E-state index contributed by atoms with van der Waals surface area (Å²) in [7, 11) is 3.97. The summed E-state index contributed by atoms with van der Waals surface area (Å²) in [5, 5.41) is 2.70. The van der Waals surface area contributed by atoms with Crippen molar-refractivity contribution in [2.75, 3.05) is 33.7 Å². The van der Waals surface area contributed by atoms with Crippen LogP contribution >= 0.6 is 0 Å². The van der Waals surface area contributed by atoms with Gasteiger partial charge in [0.25, 0.3) is 0 Å². The van der Waals surface area contributed by atoms with Crippen LogP contribution in [0.15, 0.2) is 24.3 Å². The first-order chi connectivity index (χ1) is 10.1. The van der Waals surface area contributed by atoms with E-state index in [-0.39, 0.29) is 0 Å². The van der Waals surface area contributed by atoms with Gasteiger partial charge in [-0.15, -0.1) is 0 Å². The normalized spacial score (nSPS) is 14.0. The highest BCUT2D eigenvalue weighted by Gasteiger charge is 2.25. The summed E-state index contributed by atoms with van der Waals surface area (Å²) in [6.07, 6.45) is 1.66. The lowest BCUT2D eigenvalue weighted by Crippen LogP contribution is -2.45. The third-order valence-corrected chi connectivity index (χ3v) is 3.68. The highest BCUT2D eigenvalue weighted by molar-refractivity contribution is 6.35. The van der Waals surface area contributed by atoms with Crippen molar-refractivity contribution in [2.24, 2.45) is 0 Å². The third kappa shape index (κ3) is 4.29. The standard InChI is InChI=1S/C16H23N3O2/c1-18(2)10-5-9-17-15(20)16(21)19-11-8-13-6-3-4-7-14(13)12-19/h3-4,6-7H,5,8-12H2,1-2H3,(H,17,20). The van der Waals surface area contributed by atoms with Gasteiger partial charge >= 0.3 is 11.8 Å². The molecule has 0 bridgehead atoms. The first-order valence-electron chi connectivity index (χ1n) is 7.36. The molecule has 1 N–H and O–H groups in total. The van der Waals surface area contributed by atoms with Crippen LogP contribution in [0.5, 0.6) is 0 Å². The molecule has 2 rings (SSSR count). The summed E-state index contributed by atoms with van der Waals surface area (Å²) in [4.78, 5) is 27.7. The molecular formula is C16H23N3O2. The highest BCUT2D eigenvalue weighted by atomic mass is 16.2. The molecule has 0 aromatic heterocycles. The Kier molecular flexibility index (Phi) is 5.33. The van der Waals surface area contributed by atoms with E-state index in [2.05, 4.69) is 16.3 Å². The van der Waals surface area contributed by atoms with Crippen molar-refractivity contribution >= 4 is 11.8 Å². The van der Waals surface area contributed by atoms with Gasteiger partial charge in [-0.2, -0.15) is 0 Å². The van der Waals surface area contributed by atoms with Gasteiger partial charge in [0.2, 0.25) is 0 Å². The quantitative estimate of drug-likeness (QED) is 0.654. The second kappa shape index (κ2) is 7.22. The van der Waals surface area contributed by atoms with Crippen LogP contribution in [0.25, 0.3) is 0 Å². The summed E-state index contributed by atoms with van der Waals surface area (Å²) >= 11 is 0. The van der Waals surface area contributed by atoms with Gasteiger partial charge in [0, 0.05) is 19.6 Å². The molecule has 1 aliphatic rings. The van der Waals surface area contributed by atoms with Crippen molar-refractivity contribution in [2.45, 2.75) is 19.4 Å². The maximum Gasteiger partial charge on any atom is 0.312 e. The van der Waals surface area contributed by atoms with E-state index in [1.165, 1.54) is 5.56 Å². The smallest absolute Gasteiger partial charge is 0.312 e. The lowest BCUT2D eigenvalue weighted by molar-refractivity contribution is -0.146. The Balaban J connectivity index is 1.82. The van der Waals surface area contributed by atoms with Crippen LogP contribution in [0.3, 0.4) is 0 Å². The fraction of sp³-hybridized carbons (Fsp3) is 0.500. The monoisotopic (exact) mass is 289 g/mol. The minimum Gasteiger partial charge on any atom is -0.348 e. The van der Waals surface area contributed by atoms with Gasteiger partial charge in [-0.05, 0) is 44.6 Å². The van der Waals surface area contributed by atoms with E-state index in [1.807, 2.05) is 32.3 Å². The largest absolute Gasteiger partial charge is 0.348 e. The SMILES string of the molecule is CN(C)CCCNC(=O)C(=O)N1CCc2ccccc2C1. The summed E-state index contributed by atoms with van der Waals surface area (Å²) in [6.45, 7) is 2.57. The Labute approximate surface area is 125 Å². The van der Waals surface area contributed by atoms with E-state index in [4.69, 9.17) is 0 Å². The van der Waals surface area contributed by atoms with Crippen molar-refractivity contribution in [3.63, 3.8) is 0 Å². The van der Waals surface area contributed by atoms with Gasteiger partial charge in [-0.3, -0.25) is 9.59 Å². The number of rotatable bonds is 4. The topological polar surface area (TPSA) is 52.7 Å². The lowest BCUT2D eigenvalue weighted by atomic mass is 10.00. The molecule has 0 saturated carbocycles. The Morgan fingerprint density at radius 3 is 2.67 bits per heavy atom. The fourth-order valence-corrected chi connectivity index (χ4v) is 2.49. The minimum atomic E-state index is -0.492. The van der Waals surface area contributed by atoms with E-state index < -0.39 is 11.8 Å². The molecule has 0 radical (unpaired) electrons. The number of amides is 2. The minimum absolute atomic E-state index is 0.422. The van der Waals surface area contributed by atoms with Crippen LogP contribution < -0.4 is 5.32 Å². The van der Waals surface area contributed by atoms with E-state index in [0.717, 1.165) is 24.9 Å². The first kappa shape index (κ1) is 15.5. The summed E-state index contributed by atoms with van der Waals surface area (Å²) in [5.74, 6) is -0.914. The predicted molar refractivity (Wildman–Crippen MR) is 81.7 cm³/mol. The number of nitrogens with zero attached hydrogens (tertiary/aromatic N) is 2. The third-order valence-electron chi connectivity index (χ3n) is 3.68. The number of hydrogen-bond donors (Lipinski definition) is 1. The molecular weight excluding hydrogens is 266 g/mol. The molecule has 114 valence electrons. The first-order valence-corrected chi connectivity index (χ1v) is 7.36. The Morgan fingerprint density at radius 1 is 1.24 bits per heavy atom. The van der Waals surface area contributed by atoms with Crippen LogP contribution in [-0.2, 0) is 22.6 Å². The van der Waals surface area contributed by atoms with Gasteiger partial charge in [0.15, 0.2) is 0 Å². The van der Waals surface area contributed by atoms with Crippen LogP contribution in [0.1, 0.15) is 17.5 Å². The number of benzene rings is 1. The van der Waals surface area contributed by atoms with Gasteiger partial charge in [-0.25, -0.2) is 0 Å². The fourth-order valence-electron chi connectivity index (χ4n) is 2.49. The molecule has 1 aromatic rings. The zero-order valence-corrected chi connectivity index (χ0v) is 12.8. The second-order valence-electron chi connectivity index (χ2n) is 5.66. The number of carbonyl (C=O) groups is 2. The molecule has 1 aliphatic heterocycles. The van der Waals surface area contributed by atoms with Crippen LogP contribution in [0, 0.1) is 0 Å². The van der Waals surface area contributed by atoms with Crippen LogP contribution in [-0.4, -0.2) is 55.3 Å². The second-order valence-corrected chi connectivity index (χ2v) is 5.66. The molecule has 0 spiro atoms. The maximum absolute atomic E-state index is 12.1. The lowest BCUT2D eigenvalue weighted by Gasteiger charge is -2.28. The van der Waals surface area contributed by atoms with Gasteiger partial charge < -0.3 is 15.1 Å². The Hall–Kier alpha value is -1.88. The number of hydrogen-bond acceptors (Lipinski definition) is 3. The van der Waals surface area contributed by atoms with Crippen molar-refractivity contribution in [3.8, 4) is 0 Å². The average molecular weight is 289 g/mol. The summed E-state index contributed by atoms with van der Waals surface area (Å²) in [5.41, 5.74) is 2.41. The molecule has 5 nitrogen and oxygen atoms in total. The van der Waals surface area contributed by atoms with E-state index in [9.17, 15) is 9.59 Å². The molecule has 0 fully saturated rings. The van der Waals surface area contributed by atoms with E-state index >= 15 is 0 Å².